The molecule has 13 heavy (non-hydrogen) atoms. The van der Waals surface area contributed by atoms with Crippen LogP contribution < -0.4 is 5.32 Å². The first kappa shape index (κ1) is 11.4. The van der Waals surface area contributed by atoms with Gasteiger partial charge in [-0.2, -0.15) is 0 Å². The first-order valence-electron chi connectivity index (χ1n) is 5.71. The van der Waals surface area contributed by atoms with E-state index in [0.29, 0.717) is 0 Å². The summed E-state index contributed by atoms with van der Waals surface area (Å²) in [5, 5.41) is 5.15. The molecule has 0 radical (unpaired) electrons. The zero-order valence-electron chi connectivity index (χ0n) is 9.01. The van der Waals surface area contributed by atoms with Gasteiger partial charge in [0.25, 0.3) is 0 Å². The molecule has 0 aromatic carbocycles. The van der Waals surface area contributed by atoms with Crippen molar-refractivity contribution in [1.29, 1.82) is 0 Å². The largest absolute Gasteiger partial charge is 0.304 e. The molecule has 0 bridgehead atoms. The predicted octanol–water partition coefficient (Wildman–Crippen LogP) is 3.40. The van der Waals surface area contributed by atoms with E-state index in [2.05, 4.69) is 30.9 Å². The molecule has 0 spiro atoms. The number of thioether (sulfide) groups is 1. The molecular weight excluding hydrogens is 178 g/mol. The summed E-state index contributed by atoms with van der Waals surface area (Å²) in [6, 6.07) is 0. The van der Waals surface area contributed by atoms with Crippen molar-refractivity contribution in [2.45, 2.75) is 63.0 Å². The van der Waals surface area contributed by atoms with E-state index in [1.54, 1.807) is 0 Å². The highest BCUT2D eigenvalue weighted by molar-refractivity contribution is 8.00. The van der Waals surface area contributed by atoms with Crippen molar-refractivity contribution in [3.63, 3.8) is 0 Å². The predicted molar refractivity (Wildman–Crippen MR) is 62.2 cm³/mol. The number of nitrogens with one attached hydrogen (secondary N) is 1. The van der Waals surface area contributed by atoms with E-state index >= 15 is 0 Å². The van der Waals surface area contributed by atoms with Crippen LogP contribution in [0.15, 0.2) is 0 Å². The quantitative estimate of drug-likeness (QED) is 0.661. The molecule has 1 heterocycles. The van der Waals surface area contributed by atoms with Crippen LogP contribution in [0, 0.1) is 0 Å². The monoisotopic (exact) mass is 201 g/mol. The molecule has 0 amide bonds. The lowest BCUT2D eigenvalue weighted by Crippen LogP contribution is -2.19. The molecule has 0 aromatic rings. The van der Waals surface area contributed by atoms with E-state index in [-0.39, 0.29) is 0 Å². The lowest BCUT2D eigenvalue weighted by atomic mass is 10.1. The number of hydrogen-bond acceptors (Lipinski definition) is 2. The van der Waals surface area contributed by atoms with E-state index in [4.69, 9.17) is 0 Å². The summed E-state index contributed by atoms with van der Waals surface area (Å²) < 4.78 is 0. The van der Waals surface area contributed by atoms with Gasteiger partial charge in [-0.25, -0.2) is 0 Å². The smallest absolute Gasteiger partial charge is 0.0535 e. The minimum Gasteiger partial charge on any atom is -0.304 e. The molecule has 2 atom stereocenters. The molecule has 1 aliphatic rings. The van der Waals surface area contributed by atoms with Gasteiger partial charge in [0.2, 0.25) is 0 Å². The van der Waals surface area contributed by atoms with Crippen LogP contribution in [0.3, 0.4) is 0 Å². The lowest BCUT2D eigenvalue weighted by molar-refractivity contribution is 0.566. The van der Waals surface area contributed by atoms with Gasteiger partial charge in [-0.05, 0) is 6.42 Å². The zero-order chi connectivity index (χ0) is 9.52. The van der Waals surface area contributed by atoms with Crippen LogP contribution in [-0.4, -0.2) is 17.2 Å². The minimum absolute atomic E-state index is 0.761. The van der Waals surface area contributed by atoms with Gasteiger partial charge in [0.1, 0.15) is 0 Å². The van der Waals surface area contributed by atoms with Gasteiger partial charge in [0, 0.05) is 11.8 Å². The maximum Gasteiger partial charge on any atom is 0.0535 e. The third kappa shape index (κ3) is 4.92. The molecule has 1 nitrogen and oxygen atoms in total. The Morgan fingerprint density at radius 3 is 2.62 bits per heavy atom. The highest BCUT2D eigenvalue weighted by Crippen LogP contribution is 2.25. The Morgan fingerprint density at radius 2 is 2.00 bits per heavy atom. The molecule has 1 aliphatic heterocycles. The van der Waals surface area contributed by atoms with Gasteiger partial charge < -0.3 is 5.32 Å². The second-order valence-electron chi connectivity index (χ2n) is 4.05. The summed E-state index contributed by atoms with van der Waals surface area (Å²) in [5.74, 6) is 0. The van der Waals surface area contributed by atoms with Crippen LogP contribution in [0.1, 0.15) is 52.4 Å². The standard InChI is InChI=1S/C11H23NS/c1-3-4-5-6-7-8-11-12-9-10(2)13-11/h10-12H,3-9H2,1-2H3. The van der Waals surface area contributed by atoms with E-state index < -0.39 is 0 Å². The Hall–Kier alpha value is 0.310. The van der Waals surface area contributed by atoms with Crippen molar-refractivity contribution in [3.8, 4) is 0 Å². The summed E-state index contributed by atoms with van der Waals surface area (Å²) >= 11 is 2.12. The van der Waals surface area contributed by atoms with Gasteiger partial charge >= 0.3 is 0 Å². The van der Waals surface area contributed by atoms with Crippen LogP contribution in [0.5, 0.6) is 0 Å². The van der Waals surface area contributed by atoms with Crippen LogP contribution in [0.2, 0.25) is 0 Å². The van der Waals surface area contributed by atoms with Gasteiger partial charge in [0.15, 0.2) is 0 Å². The topological polar surface area (TPSA) is 12.0 Å². The SMILES string of the molecule is CCCCCCCC1NCC(C)S1. The summed E-state index contributed by atoms with van der Waals surface area (Å²) in [5.41, 5.74) is 0. The van der Waals surface area contributed by atoms with Crippen molar-refractivity contribution in [2.75, 3.05) is 6.54 Å². The van der Waals surface area contributed by atoms with E-state index in [1.165, 1.54) is 45.1 Å². The minimum atomic E-state index is 0.761. The molecule has 78 valence electrons. The normalized spacial score (nSPS) is 28.2. The fourth-order valence-electron chi connectivity index (χ4n) is 1.78. The Labute approximate surface area is 87.1 Å². The van der Waals surface area contributed by atoms with E-state index in [9.17, 15) is 0 Å². The zero-order valence-corrected chi connectivity index (χ0v) is 9.83. The maximum atomic E-state index is 3.56. The van der Waals surface area contributed by atoms with Gasteiger partial charge in [-0.1, -0.05) is 46.0 Å². The Kier molecular flexibility index (Phi) is 5.88. The second kappa shape index (κ2) is 6.72. The Balaban J connectivity index is 1.88. The Morgan fingerprint density at radius 1 is 1.23 bits per heavy atom. The molecule has 0 aliphatic carbocycles. The summed E-state index contributed by atoms with van der Waals surface area (Å²) in [6.07, 6.45) is 8.43. The summed E-state index contributed by atoms with van der Waals surface area (Å²) in [7, 11) is 0. The average Bonchev–Trinajstić information content (AvgIpc) is 2.51. The molecule has 2 unspecified atom stereocenters. The molecule has 1 N–H and O–H groups in total. The molecule has 1 fully saturated rings. The fourth-order valence-corrected chi connectivity index (χ4v) is 3.03. The van der Waals surface area contributed by atoms with Gasteiger partial charge in [-0.3, -0.25) is 0 Å². The van der Waals surface area contributed by atoms with Gasteiger partial charge in [0.05, 0.1) is 5.37 Å². The third-order valence-corrected chi connectivity index (χ3v) is 3.96. The number of unbranched alkanes of at least 4 members (excludes halogenated alkanes) is 4. The van der Waals surface area contributed by atoms with Crippen LogP contribution in [-0.2, 0) is 0 Å². The van der Waals surface area contributed by atoms with E-state index in [1.807, 2.05) is 0 Å². The highest BCUT2D eigenvalue weighted by atomic mass is 32.2. The average molecular weight is 201 g/mol. The molecule has 0 saturated carbocycles. The molecule has 1 saturated heterocycles. The second-order valence-corrected chi connectivity index (χ2v) is 5.69. The van der Waals surface area contributed by atoms with Crippen molar-refractivity contribution in [2.24, 2.45) is 0 Å². The number of rotatable bonds is 6. The lowest BCUT2D eigenvalue weighted by Gasteiger charge is -2.08. The van der Waals surface area contributed by atoms with Crippen LogP contribution >= 0.6 is 11.8 Å². The van der Waals surface area contributed by atoms with Crippen molar-refractivity contribution in [1.82, 2.24) is 5.32 Å². The van der Waals surface area contributed by atoms with Crippen molar-refractivity contribution >= 4 is 11.8 Å². The fraction of sp³-hybridized carbons (Fsp3) is 1.00. The van der Waals surface area contributed by atoms with Gasteiger partial charge in [-0.15, -0.1) is 11.8 Å². The summed E-state index contributed by atoms with van der Waals surface area (Å²) in [6.45, 7) is 5.80. The van der Waals surface area contributed by atoms with Crippen LogP contribution in [0.25, 0.3) is 0 Å². The van der Waals surface area contributed by atoms with E-state index in [0.717, 1.165) is 10.6 Å². The summed E-state index contributed by atoms with van der Waals surface area (Å²) in [4.78, 5) is 0. The first-order valence-corrected chi connectivity index (χ1v) is 6.66. The maximum absolute atomic E-state index is 3.56. The first-order chi connectivity index (χ1) is 6.33. The highest BCUT2D eigenvalue weighted by Gasteiger charge is 2.19. The third-order valence-electron chi connectivity index (χ3n) is 2.60. The number of hydrogen-bond donors (Lipinski definition) is 1. The van der Waals surface area contributed by atoms with Crippen LogP contribution in [0.4, 0.5) is 0 Å². The molecule has 1 rings (SSSR count). The molecule has 0 aromatic heterocycles. The Bertz CT molecular complexity index is 127. The van der Waals surface area contributed by atoms with Crippen molar-refractivity contribution < 1.29 is 0 Å². The van der Waals surface area contributed by atoms with Crippen molar-refractivity contribution in [3.05, 3.63) is 0 Å². The molecule has 2 heteroatoms. The molecular formula is C11H23NS.